The summed E-state index contributed by atoms with van der Waals surface area (Å²) in [5.41, 5.74) is 1.89. The Bertz CT molecular complexity index is 1320. The zero-order valence-corrected chi connectivity index (χ0v) is 20.2. The predicted molar refractivity (Wildman–Crippen MR) is 135 cm³/mol. The van der Waals surface area contributed by atoms with E-state index >= 15 is 0 Å². The van der Waals surface area contributed by atoms with Gasteiger partial charge in [-0.2, -0.15) is 5.26 Å². The Hall–Kier alpha value is -4.17. The average Bonchev–Trinajstić information content (AvgIpc) is 3.31. The number of aromatic nitrogens is 3. The Kier molecular flexibility index (Phi) is 7.18. The summed E-state index contributed by atoms with van der Waals surface area (Å²) in [7, 11) is 0. The monoisotopic (exact) mass is 502 g/mol. The molecular weight excluding hydrogens is 475 g/mol. The maximum Gasteiger partial charge on any atom is 0.260 e. The Morgan fingerprint density at radius 1 is 1.08 bits per heavy atom. The standard InChI is InChI=1S/C26H27FN8O2/c27-17-13-19(14-28)35(15-17)23(36)16-34-11-6-18(7-12-34)32-22-5-4-21(24-20(22)3-1-8-29-24)25(37)33-26-30-9-2-10-31-26/h1-5,8-10,17-19,32H,6-7,11-13,15-16H2,(H,30,31,33,37)/t17-,19?/m0/s1. The number of nitriles is 1. The lowest BCUT2D eigenvalue weighted by Crippen LogP contribution is -2.46. The van der Waals surface area contributed by atoms with Crippen molar-refractivity contribution in [1.29, 1.82) is 5.26 Å². The fourth-order valence-corrected chi connectivity index (χ4v) is 4.93. The zero-order valence-electron chi connectivity index (χ0n) is 20.2. The van der Waals surface area contributed by atoms with Crippen LogP contribution in [0, 0.1) is 11.3 Å². The van der Waals surface area contributed by atoms with Crippen LogP contribution in [0.4, 0.5) is 16.0 Å². The number of amides is 2. The molecule has 0 spiro atoms. The molecule has 10 nitrogen and oxygen atoms in total. The van der Waals surface area contributed by atoms with E-state index in [2.05, 4.69) is 30.5 Å². The summed E-state index contributed by atoms with van der Waals surface area (Å²) in [6.07, 6.45) is 5.37. The second-order valence-electron chi connectivity index (χ2n) is 9.31. The lowest BCUT2D eigenvalue weighted by Gasteiger charge is -2.33. The first-order valence-corrected chi connectivity index (χ1v) is 12.3. The molecule has 5 rings (SSSR count). The first-order chi connectivity index (χ1) is 18.0. The number of halogens is 1. The molecule has 2 aliphatic rings. The van der Waals surface area contributed by atoms with Gasteiger partial charge in [0.15, 0.2) is 0 Å². The number of hydrogen-bond acceptors (Lipinski definition) is 8. The summed E-state index contributed by atoms with van der Waals surface area (Å²) in [6, 6.07) is 10.6. The highest BCUT2D eigenvalue weighted by Crippen LogP contribution is 2.28. The first kappa shape index (κ1) is 24.5. The van der Waals surface area contributed by atoms with Gasteiger partial charge in [0.25, 0.3) is 5.91 Å². The van der Waals surface area contributed by atoms with E-state index in [1.807, 2.05) is 24.3 Å². The summed E-state index contributed by atoms with van der Waals surface area (Å²) in [5, 5.41) is 16.3. The summed E-state index contributed by atoms with van der Waals surface area (Å²) in [6.45, 7) is 1.62. The number of nitrogens with zero attached hydrogens (tertiary/aromatic N) is 6. The fraction of sp³-hybridized carbons (Fsp3) is 0.385. The number of pyridine rings is 1. The van der Waals surface area contributed by atoms with Crippen molar-refractivity contribution in [2.45, 2.75) is 37.5 Å². The van der Waals surface area contributed by atoms with Crippen LogP contribution in [0.3, 0.4) is 0 Å². The molecule has 4 heterocycles. The molecule has 2 atom stereocenters. The van der Waals surface area contributed by atoms with Crippen LogP contribution in [0.1, 0.15) is 29.6 Å². The van der Waals surface area contributed by atoms with E-state index in [1.165, 1.54) is 4.90 Å². The van der Waals surface area contributed by atoms with Crippen LogP contribution in [-0.4, -0.2) is 81.0 Å². The van der Waals surface area contributed by atoms with Crippen LogP contribution in [0.2, 0.25) is 0 Å². The lowest BCUT2D eigenvalue weighted by molar-refractivity contribution is -0.132. The number of hydrogen-bond donors (Lipinski definition) is 2. The van der Waals surface area contributed by atoms with Crippen molar-refractivity contribution in [3.05, 3.63) is 54.5 Å². The molecule has 2 N–H and O–H groups in total. The molecule has 0 saturated carbocycles. The predicted octanol–water partition coefficient (Wildman–Crippen LogP) is 2.62. The van der Waals surface area contributed by atoms with Crippen LogP contribution in [0.15, 0.2) is 48.9 Å². The summed E-state index contributed by atoms with van der Waals surface area (Å²) >= 11 is 0. The molecule has 2 aromatic heterocycles. The van der Waals surface area contributed by atoms with Crippen LogP contribution < -0.4 is 10.6 Å². The van der Waals surface area contributed by atoms with E-state index < -0.39 is 12.2 Å². The summed E-state index contributed by atoms with van der Waals surface area (Å²) in [5.74, 6) is -0.304. The minimum atomic E-state index is -1.13. The van der Waals surface area contributed by atoms with E-state index in [4.69, 9.17) is 0 Å². The van der Waals surface area contributed by atoms with Crippen molar-refractivity contribution < 1.29 is 14.0 Å². The van der Waals surface area contributed by atoms with Gasteiger partial charge < -0.3 is 10.2 Å². The van der Waals surface area contributed by atoms with Gasteiger partial charge in [-0.1, -0.05) is 0 Å². The van der Waals surface area contributed by atoms with Gasteiger partial charge in [0, 0.05) is 55.2 Å². The van der Waals surface area contributed by atoms with Gasteiger partial charge in [0.05, 0.1) is 30.2 Å². The van der Waals surface area contributed by atoms with E-state index in [0.717, 1.165) is 23.9 Å². The molecule has 0 aliphatic carbocycles. The number of piperidine rings is 1. The van der Waals surface area contributed by atoms with E-state index in [0.29, 0.717) is 24.2 Å². The SMILES string of the molecule is N#CC1C[C@H](F)CN1C(=O)CN1CCC(Nc2ccc(C(=O)Nc3ncccn3)c3ncccc23)CC1. The molecule has 3 aromatic rings. The van der Waals surface area contributed by atoms with Gasteiger partial charge in [-0.05, 0) is 43.2 Å². The molecule has 11 heteroatoms. The van der Waals surface area contributed by atoms with Crippen LogP contribution >= 0.6 is 0 Å². The zero-order chi connectivity index (χ0) is 25.8. The average molecular weight is 503 g/mol. The highest BCUT2D eigenvalue weighted by Gasteiger charge is 2.36. The smallest absolute Gasteiger partial charge is 0.260 e. The van der Waals surface area contributed by atoms with Gasteiger partial charge in [-0.3, -0.25) is 24.8 Å². The molecule has 37 heavy (non-hydrogen) atoms. The molecule has 2 aliphatic heterocycles. The third-order valence-electron chi connectivity index (χ3n) is 6.83. The maximum absolute atomic E-state index is 13.7. The second kappa shape index (κ2) is 10.8. The molecule has 2 amide bonds. The highest BCUT2D eigenvalue weighted by atomic mass is 19.1. The van der Waals surface area contributed by atoms with Crippen molar-refractivity contribution in [1.82, 2.24) is 24.8 Å². The first-order valence-electron chi connectivity index (χ1n) is 12.3. The number of carbonyl (C=O) groups is 2. The largest absolute Gasteiger partial charge is 0.382 e. The number of benzene rings is 1. The topological polar surface area (TPSA) is 127 Å². The molecular formula is C26H27FN8O2. The molecule has 0 radical (unpaired) electrons. The van der Waals surface area contributed by atoms with Gasteiger partial charge in [0.1, 0.15) is 12.2 Å². The third kappa shape index (κ3) is 5.49. The highest BCUT2D eigenvalue weighted by molar-refractivity contribution is 6.13. The third-order valence-corrected chi connectivity index (χ3v) is 6.83. The maximum atomic E-state index is 13.7. The van der Waals surface area contributed by atoms with Crippen LogP contribution in [0.5, 0.6) is 0 Å². The summed E-state index contributed by atoms with van der Waals surface area (Å²) in [4.78, 5) is 41.5. The molecule has 190 valence electrons. The number of nitrogens with one attached hydrogen (secondary N) is 2. The molecule has 1 aromatic carbocycles. The Morgan fingerprint density at radius 3 is 2.59 bits per heavy atom. The van der Waals surface area contributed by atoms with E-state index in [9.17, 15) is 19.2 Å². The number of anilines is 2. The number of likely N-dealkylation sites (tertiary alicyclic amines) is 2. The van der Waals surface area contributed by atoms with E-state index in [1.54, 1.807) is 30.7 Å². The van der Waals surface area contributed by atoms with Gasteiger partial charge in [-0.15, -0.1) is 0 Å². The Morgan fingerprint density at radius 2 is 1.84 bits per heavy atom. The number of fused-ring (bicyclic) bond motifs is 1. The second-order valence-corrected chi connectivity index (χ2v) is 9.31. The van der Waals surface area contributed by atoms with Crippen molar-refractivity contribution in [2.75, 3.05) is 36.8 Å². The Balaban J connectivity index is 1.21. The van der Waals surface area contributed by atoms with Gasteiger partial charge in [-0.25, -0.2) is 14.4 Å². The van der Waals surface area contributed by atoms with Crippen LogP contribution in [0.25, 0.3) is 10.9 Å². The molecule has 2 saturated heterocycles. The number of alkyl halides is 1. The van der Waals surface area contributed by atoms with Crippen molar-refractivity contribution in [3.8, 4) is 6.07 Å². The quantitative estimate of drug-likeness (QED) is 0.527. The minimum absolute atomic E-state index is 0.00256. The molecule has 0 bridgehead atoms. The van der Waals surface area contributed by atoms with E-state index in [-0.39, 0.29) is 43.3 Å². The van der Waals surface area contributed by atoms with Gasteiger partial charge in [0.2, 0.25) is 11.9 Å². The Labute approximate surface area is 213 Å². The number of rotatable bonds is 6. The van der Waals surface area contributed by atoms with Crippen LogP contribution in [-0.2, 0) is 4.79 Å². The lowest BCUT2D eigenvalue weighted by atomic mass is 10.0. The normalized spacial score (nSPS) is 20.5. The van der Waals surface area contributed by atoms with Gasteiger partial charge >= 0.3 is 0 Å². The minimum Gasteiger partial charge on any atom is -0.382 e. The van der Waals surface area contributed by atoms with Crippen molar-refractivity contribution >= 4 is 34.4 Å². The number of carbonyl (C=O) groups excluding carboxylic acids is 2. The fourth-order valence-electron chi connectivity index (χ4n) is 4.93. The van der Waals surface area contributed by atoms with Crippen molar-refractivity contribution in [2.24, 2.45) is 0 Å². The molecule has 2 fully saturated rings. The molecule has 1 unspecified atom stereocenters. The summed E-state index contributed by atoms with van der Waals surface area (Å²) < 4.78 is 13.7. The van der Waals surface area contributed by atoms with Crippen molar-refractivity contribution in [3.63, 3.8) is 0 Å².